The number of ether oxygens (including phenoxy) is 1. The summed E-state index contributed by atoms with van der Waals surface area (Å²) < 4.78 is 13.1. The summed E-state index contributed by atoms with van der Waals surface area (Å²) in [6.45, 7) is 1.14. The largest absolute Gasteiger partial charge is 0.453 e. The highest BCUT2D eigenvalue weighted by molar-refractivity contribution is 9.10. The van der Waals surface area contributed by atoms with Crippen molar-refractivity contribution in [2.45, 2.75) is 6.92 Å². The first-order valence-electron chi connectivity index (χ1n) is 10.6. The number of rotatable bonds is 5. The molecule has 10 nitrogen and oxygen atoms in total. The number of hydrogen-bond donors (Lipinski definition) is 0. The zero-order valence-corrected chi connectivity index (χ0v) is 22.0. The van der Waals surface area contributed by atoms with Gasteiger partial charge in [0.1, 0.15) is 5.58 Å². The van der Waals surface area contributed by atoms with Crippen molar-refractivity contribution in [3.05, 3.63) is 95.6 Å². The lowest BCUT2D eigenvalue weighted by atomic mass is 10.2. The molecule has 2 aromatic heterocycles. The van der Waals surface area contributed by atoms with Crippen LogP contribution in [0.25, 0.3) is 33.5 Å². The lowest BCUT2D eigenvalue weighted by Gasteiger charge is -2.08. The van der Waals surface area contributed by atoms with Gasteiger partial charge in [0, 0.05) is 28.4 Å². The highest BCUT2D eigenvalue weighted by Gasteiger charge is 2.22. The first-order valence-corrected chi connectivity index (χ1v) is 12.2. The molecule has 37 heavy (non-hydrogen) atoms. The highest BCUT2D eigenvalue weighted by atomic mass is 79.9. The van der Waals surface area contributed by atoms with Crippen LogP contribution in [0.15, 0.2) is 83.9 Å². The summed E-state index contributed by atoms with van der Waals surface area (Å²) in [5.74, 6) is -0.474. The quantitative estimate of drug-likeness (QED) is 0.0764. The van der Waals surface area contributed by atoms with Gasteiger partial charge in [-0.1, -0.05) is 28.1 Å². The van der Waals surface area contributed by atoms with Crippen molar-refractivity contribution in [1.82, 2.24) is 9.66 Å². The molecule has 0 atom stereocenters. The lowest BCUT2D eigenvalue weighted by molar-refractivity contribution is -0.385. The van der Waals surface area contributed by atoms with E-state index in [1.807, 2.05) is 12.1 Å². The minimum Gasteiger partial charge on any atom is -0.453 e. The average molecular weight is 626 g/mol. The Morgan fingerprint density at radius 2 is 1.95 bits per heavy atom. The van der Waals surface area contributed by atoms with Gasteiger partial charge in [0.25, 0.3) is 5.56 Å². The van der Waals surface area contributed by atoms with Crippen LogP contribution in [0, 0.1) is 10.1 Å². The summed E-state index contributed by atoms with van der Waals surface area (Å²) in [4.78, 5) is 40.3. The van der Waals surface area contributed by atoms with Crippen molar-refractivity contribution < 1.29 is 18.9 Å². The third kappa shape index (κ3) is 4.80. The summed E-state index contributed by atoms with van der Waals surface area (Å²) in [5, 5.41) is 17.0. The molecule has 3 aromatic carbocycles. The monoisotopic (exact) mass is 624 g/mol. The summed E-state index contributed by atoms with van der Waals surface area (Å²) in [6.07, 6.45) is 1.27. The Morgan fingerprint density at radius 3 is 2.70 bits per heavy atom. The number of hydrogen-bond acceptors (Lipinski definition) is 8. The van der Waals surface area contributed by atoms with Gasteiger partial charge in [-0.15, -0.1) is 0 Å². The molecule has 0 saturated carbocycles. The van der Waals surface area contributed by atoms with E-state index in [1.165, 1.54) is 18.3 Å². The number of para-hydroxylation sites is 1. The molecule has 0 spiro atoms. The van der Waals surface area contributed by atoms with E-state index in [-0.39, 0.29) is 21.6 Å². The molecule has 0 N–H and O–H groups in total. The normalized spacial score (nSPS) is 11.4. The topological polar surface area (TPSA) is 130 Å². The Labute approximate surface area is 224 Å². The van der Waals surface area contributed by atoms with Gasteiger partial charge in [-0.2, -0.15) is 9.78 Å². The van der Waals surface area contributed by atoms with Gasteiger partial charge in [0.2, 0.25) is 11.6 Å². The second-order valence-electron chi connectivity index (χ2n) is 7.81. The lowest BCUT2D eigenvalue weighted by Crippen LogP contribution is -2.20. The van der Waals surface area contributed by atoms with Crippen molar-refractivity contribution in [2.75, 3.05) is 0 Å². The summed E-state index contributed by atoms with van der Waals surface area (Å²) >= 11 is 6.63. The van der Waals surface area contributed by atoms with Crippen LogP contribution in [0.4, 0.5) is 5.69 Å². The van der Waals surface area contributed by atoms with Gasteiger partial charge in [-0.05, 0) is 58.4 Å². The van der Waals surface area contributed by atoms with Crippen LogP contribution < -0.4 is 10.3 Å². The van der Waals surface area contributed by atoms with Crippen molar-refractivity contribution in [2.24, 2.45) is 5.10 Å². The van der Waals surface area contributed by atoms with Gasteiger partial charge in [-0.25, -0.2) is 4.98 Å². The molecule has 0 unspecified atom stereocenters. The fraction of sp³-hybridized carbons (Fsp3) is 0.0400. The Morgan fingerprint density at radius 1 is 1.16 bits per heavy atom. The molecular formula is C25H14Br2N4O6. The van der Waals surface area contributed by atoms with E-state index in [2.05, 4.69) is 41.9 Å². The van der Waals surface area contributed by atoms with Gasteiger partial charge in [0.05, 0.1) is 26.5 Å². The Hall–Kier alpha value is -4.16. The number of benzene rings is 3. The molecule has 0 amide bonds. The van der Waals surface area contributed by atoms with Gasteiger partial charge >= 0.3 is 11.7 Å². The van der Waals surface area contributed by atoms with Crippen LogP contribution in [0.5, 0.6) is 5.75 Å². The Balaban J connectivity index is 1.69. The van der Waals surface area contributed by atoms with E-state index >= 15 is 0 Å². The molecule has 0 fully saturated rings. The van der Waals surface area contributed by atoms with Gasteiger partial charge in [0.15, 0.2) is 5.76 Å². The average Bonchev–Trinajstić information content (AvgIpc) is 3.27. The number of halogens is 2. The van der Waals surface area contributed by atoms with Crippen LogP contribution >= 0.6 is 31.9 Å². The van der Waals surface area contributed by atoms with E-state index in [9.17, 15) is 19.7 Å². The maximum Gasteiger partial charge on any atom is 0.313 e. The fourth-order valence-corrected chi connectivity index (χ4v) is 4.62. The number of furan rings is 1. The number of aromatic nitrogens is 2. The maximum atomic E-state index is 13.4. The zero-order valence-electron chi connectivity index (χ0n) is 18.8. The molecule has 0 saturated heterocycles. The van der Waals surface area contributed by atoms with Gasteiger partial charge < -0.3 is 9.15 Å². The highest BCUT2D eigenvalue weighted by Crippen LogP contribution is 2.36. The molecule has 12 heteroatoms. The third-order valence-corrected chi connectivity index (χ3v) is 6.35. The molecule has 2 heterocycles. The second-order valence-corrected chi connectivity index (χ2v) is 9.58. The molecular weight excluding hydrogens is 612 g/mol. The smallest absolute Gasteiger partial charge is 0.313 e. The third-order valence-electron chi connectivity index (χ3n) is 5.26. The Bertz CT molecular complexity index is 1830. The zero-order chi connectivity index (χ0) is 26.3. The summed E-state index contributed by atoms with van der Waals surface area (Å²) in [6, 6.07) is 16.7. The molecule has 0 radical (unpaired) electrons. The van der Waals surface area contributed by atoms with E-state index in [4.69, 9.17) is 9.15 Å². The number of esters is 1. The minimum atomic E-state index is -0.707. The predicted octanol–water partition coefficient (Wildman–Crippen LogP) is 6.05. The fourth-order valence-electron chi connectivity index (χ4n) is 3.69. The number of nitro benzene ring substituents is 1. The number of nitrogens with zero attached hydrogens (tertiary/aromatic N) is 4. The first kappa shape index (κ1) is 24.5. The second kappa shape index (κ2) is 9.71. The molecule has 0 aliphatic rings. The molecule has 5 rings (SSSR count). The Kier molecular flexibility index (Phi) is 6.44. The predicted molar refractivity (Wildman–Crippen MR) is 144 cm³/mol. The van der Waals surface area contributed by atoms with Crippen LogP contribution in [0.2, 0.25) is 0 Å². The SMILES string of the molecule is CC(=O)Oc1c(Br)cc(C=Nn2c(-c3cc4cc(Br)ccc4o3)nc3ccccc3c2=O)cc1[N+](=O)[O-]. The summed E-state index contributed by atoms with van der Waals surface area (Å²) in [7, 11) is 0. The van der Waals surface area contributed by atoms with E-state index < -0.39 is 22.1 Å². The summed E-state index contributed by atoms with van der Waals surface area (Å²) in [5.41, 5.74) is 0.423. The van der Waals surface area contributed by atoms with Gasteiger partial charge in [-0.3, -0.25) is 19.7 Å². The first-order chi connectivity index (χ1) is 17.7. The van der Waals surface area contributed by atoms with E-state index in [0.717, 1.165) is 21.5 Å². The maximum absolute atomic E-state index is 13.4. The van der Waals surface area contributed by atoms with Crippen molar-refractivity contribution >= 4 is 71.6 Å². The molecule has 0 aliphatic carbocycles. The van der Waals surface area contributed by atoms with E-state index in [1.54, 1.807) is 36.4 Å². The molecule has 184 valence electrons. The number of nitro groups is 1. The van der Waals surface area contributed by atoms with Crippen molar-refractivity contribution in [1.29, 1.82) is 0 Å². The van der Waals surface area contributed by atoms with Crippen molar-refractivity contribution in [3.8, 4) is 17.3 Å². The van der Waals surface area contributed by atoms with Crippen LogP contribution in [-0.2, 0) is 4.79 Å². The van der Waals surface area contributed by atoms with Crippen LogP contribution in [-0.4, -0.2) is 26.8 Å². The number of carbonyl (C=O) groups excluding carboxylic acids is 1. The van der Waals surface area contributed by atoms with Crippen LogP contribution in [0.1, 0.15) is 12.5 Å². The molecule has 0 bridgehead atoms. The van der Waals surface area contributed by atoms with Crippen LogP contribution in [0.3, 0.4) is 0 Å². The molecule has 5 aromatic rings. The van der Waals surface area contributed by atoms with Crippen molar-refractivity contribution in [3.63, 3.8) is 0 Å². The molecule has 0 aliphatic heterocycles. The number of fused-ring (bicyclic) bond motifs is 2. The van der Waals surface area contributed by atoms with E-state index in [0.29, 0.717) is 22.2 Å². The number of carbonyl (C=O) groups is 1. The standard InChI is InChI=1S/C25H14Br2N4O6/c1-13(32)36-23-18(27)8-14(9-20(23)31(34)35)12-28-30-24(29-19-5-3-2-4-17(19)25(30)33)22-11-15-10-16(26)6-7-21(15)37-22/h2-12H,1H3. The minimum absolute atomic E-state index is 0.150.